The maximum atomic E-state index is 13.1. The Morgan fingerprint density at radius 1 is 0.710 bits per heavy atom. The van der Waals surface area contributed by atoms with Gasteiger partial charge < -0.3 is 28.3 Å². The lowest BCUT2D eigenvalue weighted by Crippen LogP contribution is -2.66. The van der Waals surface area contributed by atoms with Gasteiger partial charge in [0.15, 0.2) is 0 Å². The van der Waals surface area contributed by atoms with Crippen LogP contribution in [0.1, 0.15) is 64.0 Å². The van der Waals surface area contributed by atoms with E-state index in [-0.39, 0.29) is 11.1 Å². The highest BCUT2D eigenvalue weighted by Crippen LogP contribution is 2.45. The van der Waals surface area contributed by atoms with Crippen molar-refractivity contribution >= 4 is 63.4 Å². The number of rotatable bonds is 19. The number of carbonyl (C=O) groups excluding carboxylic acids is 1. The highest BCUT2D eigenvalue weighted by atomic mass is 79.9. The van der Waals surface area contributed by atoms with Gasteiger partial charge in [0.1, 0.15) is 23.7 Å². The largest absolute Gasteiger partial charge is 0.497 e. The van der Waals surface area contributed by atoms with Crippen molar-refractivity contribution in [1.82, 2.24) is 4.90 Å². The molecule has 0 saturated carbocycles. The van der Waals surface area contributed by atoms with Crippen molar-refractivity contribution in [2.24, 2.45) is 0 Å². The fraction of sp³-hybridized carbons (Fsp3) is 0.353. The van der Waals surface area contributed by atoms with Gasteiger partial charge in [-0.05, 0) is 137 Å². The Morgan fingerprint density at radius 2 is 1.32 bits per heavy atom. The number of aryl methyl sites for hydroxylation is 1. The van der Waals surface area contributed by atoms with E-state index in [9.17, 15) is 4.79 Å². The molecule has 0 bridgehead atoms. The minimum atomic E-state index is -2.65. The summed E-state index contributed by atoms with van der Waals surface area (Å²) in [5, 5.41) is 2.50. The topological polar surface area (TPSA) is 66.5 Å². The summed E-state index contributed by atoms with van der Waals surface area (Å²) in [5.74, 6) is 1.56. The molecule has 0 saturated heterocycles. The molecule has 328 valence electrons. The summed E-state index contributed by atoms with van der Waals surface area (Å²) in [6.07, 6.45) is 1.11. The molecule has 1 amide bonds. The smallest absolute Gasteiger partial charge is 0.410 e. The molecule has 0 atom stereocenters. The molecule has 62 heavy (non-hydrogen) atoms. The van der Waals surface area contributed by atoms with E-state index in [2.05, 4.69) is 129 Å². The van der Waals surface area contributed by atoms with Crippen LogP contribution in [0.2, 0.25) is 5.04 Å². The number of thiophene rings is 2. The number of hydrogen-bond donors (Lipinski definition) is 0. The standard InChI is InChI=1S/C51H60BrNO6S2Si/c1-37-47(52)44(30-34-58-62(51(5,6)7,42-16-11-9-12-17-42)43-18-13-10-14-19-43)48(60-37)46-29-28-45(61-46)39-22-26-41(27-23-39)57-35-32-53(49(54)59-50(2,3)4)31-15-33-56-36-38-20-24-40(55-8)25-21-38/h9-14,16-29H,15,30-36H2,1-8H3. The molecule has 6 aromatic rings. The van der Waals surface area contributed by atoms with Crippen molar-refractivity contribution in [1.29, 1.82) is 0 Å². The van der Waals surface area contributed by atoms with E-state index >= 15 is 0 Å². The van der Waals surface area contributed by atoms with E-state index in [1.165, 1.54) is 39.9 Å². The molecule has 0 aliphatic rings. The van der Waals surface area contributed by atoms with Gasteiger partial charge in [-0.3, -0.25) is 0 Å². The number of carbonyl (C=O) groups is 1. The number of ether oxygens (including phenoxy) is 4. The van der Waals surface area contributed by atoms with Crippen LogP contribution >= 0.6 is 38.6 Å². The van der Waals surface area contributed by atoms with Gasteiger partial charge in [0.2, 0.25) is 0 Å². The minimum Gasteiger partial charge on any atom is -0.497 e. The molecule has 2 aromatic heterocycles. The first-order chi connectivity index (χ1) is 29.7. The highest BCUT2D eigenvalue weighted by Gasteiger charge is 2.50. The first-order valence-electron chi connectivity index (χ1n) is 21.2. The van der Waals surface area contributed by atoms with Crippen LogP contribution in [0.3, 0.4) is 0 Å². The second-order valence-electron chi connectivity index (χ2n) is 17.3. The van der Waals surface area contributed by atoms with E-state index in [4.69, 9.17) is 23.4 Å². The summed E-state index contributed by atoms with van der Waals surface area (Å²) >= 11 is 7.61. The lowest BCUT2D eigenvalue weighted by atomic mass is 10.1. The van der Waals surface area contributed by atoms with Gasteiger partial charge in [0, 0.05) is 43.7 Å². The molecule has 7 nitrogen and oxygen atoms in total. The molecule has 0 unspecified atom stereocenters. The van der Waals surface area contributed by atoms with Gasteiger partial charge in [-0.15, -0.1) is 22.7 Å². The second-order valence-corrected chi connectivity index (χ2v) is 24.7. The minimum absolute atomic E-state index is 0.0840. The summed E-state index contributed by atoms with van der Waals surface area (Å²) in [4.78, 5) is 19.8. The molecular formula is C51H60BrNO6S2Si. The zero-order chi connectivity index (χ0) is 44.3. The molecular weight excluding hydrogens is 895 g/mol. The first-order valence-corrected chi connectivity index (χ1v) is 25.6. The first kappa shape index (κ1) is 47.3. The highest BCUT2D eigenvalue weighted by molar-refractivity contribution is 9.10. The maximum absolute atomic E-state index is 13.1. The molecule has 2 heterocycles. The Labute approximate surface area is 386 Å². The van der Waals surface area contributed by atoms with Gasteiger partial charge >= 0.3 is 6.09 Å². The fourth-order valence-corrected chi connectivity index (χ4v) is 15.1. The van der Waals surface area contributed by atoms with Crippen LogP contribution in [-0.4, -0.2) is 64.9 Å². The molecule has 6 rings (SSSR count). The summed E-state index contributed by atoms with van der Waals surface area (Å²) in [6, 6.07) is 42.2. The summed E-state index contributed by atoms with van der Waals surface area (Å²) in [5.41, 5.74) is 2.89. The molecule has 0 aliphatic carbocycles. The summed E-state index contributed by atoms with van der Waals surface area (Å²) in [7, 11) is -1.00. The van der Waals surface area contributed by atoms with Crippen LogP contribution in [0.5, 0.6) is 11.5 Å². The van der Waals surface area contributed by atoms with Crippen LogP contribution in [0.25, 0.3) is 20.2 Å². The van der Waals surface area contributed by atoms with Crippen LogP contribution in [0, 0.1) is 6.92 Å². The molecule has 0 radical (unpaired) electrons. The van der Waals surface area contributed by atoms with Gasteiger partial charge in [0.25, 0.3) is 8.32 Å². The predicted octanol–water partition coefficient (Wildman–Crippen LogP) is 12.6. The van der Waals surface area contributed by atoms with Crippen LogP contribution in [0.4, 0.5) is 4.79 Å². The van der Waals surface area contributed by atoms with Crippen molar-refractivity contribution in [3.63, 3.8) is 0 Å². The molecule has 11 heteroatoms. The normalized spacial score (nSPS) is 12.0. The van der Waals surface area contributed by atoms with E-state index < -0.39 is 13.9 Å². The molecule has 0 aliphatic heterocycles. The number of halogens is 1. The van der Waals surface area contributed by atoms with Crippen molar-refractivity contribution in [3.05, 3.63) is 142 Å². The fourth-order valence-electron chi connectivity index (χ4n) is 7.56. The van der Waals surface area contributed by atoms with Gasteiger partial charge in [-0.2, -0.15) is 0 Å². The number of amides is 1. The van der Waals surface area contributed by atoms with Crippen molar-refractivity contribution in [3.8, 4) is 31.7 Å². The Kier molecular flexibility index (Phi) is 16.3. The maximum Gasteiger partial charge on any atom is 0.410 e. The van der Waals surface area contributed by atoms with E-state index in [1.807, 2.05) is 68.5 Å². The number of benzene rings is 4. The van der Waals surface area contributed by atoms with Crippen molar-refractivity contribution in [2.75, 3.05) is 40.0 Å². The SMILES string of the molecule is COc1ccc(COCCCN(CCOc2ccc(-c3ccc(-c4sc(C)c(Br)c4CCO[Si](c4ccccc4)(c4ccccc4)C(C)(C)C)s3)cc2)C(=O)OC(C)(C)C)cc1. The molecule has 0 fully saturated rings. The molecule has 0 N–H and O–H groups in total. The lowest BCUT2D eigenvalue weighted by Gasteiger charge is -2.43. The number of hydrogen-bond acceptors (Lipinski definition) is 8. The molecule has 0 spiro atoms. The summed E-state index contributed by atoms with van der Waals surface area (Å²) < 4.78 is 31.5. The van der Waals surface area contributed by atoms with Crippen molar-refractivity contribution < 1.29 is 28.2 Å². The Morgan fingerprint density at radius 3 is 1.92 bits per heavy atom. The van der Waals surface area contributed by atoms with Crippen LogP contribution in [-0.2, 0) is 26.9 Å². The van der Waals surface area contributed by atoms with Crippen molar-refractivity contribution in [2.45, 2.75) is 78.6 Å². The third kappa shape index (κ3) is 12.1. The average molecular weight is 955 g/mol. The third-order valence-electron chi connectivity index (χ3n) is 10.6. The number of nitrogens with zero attached hydrogens (tertiary/aromatic N) is 1. The number of methoxy groups -OCH3 is 1. The Balaban J connectivity index is 1.07. The third-order valence-corrected chi connectivity index (χ3v) is 19.4. The van der Waals surface area contributed by atoms with E-state index in [1.54, 1.807) is 23.3 Å². The van der Waals surface area contributed by atoms with E-state index in [0.29, 0.717) is 45.9 Å². The lowest BCUT2D eigenvalue weighted by molar-refractivity contribution is 0.0200. The average Bonchev–Trinajstić information content (AvgIpc) is 3.85. The Hall–Kier alpha value is -4.23. The van der Waals surface area contributed by atoms with Crippen LogP contribution in [0.15, 0.2) is 126 Å². The zero-order valence-corrected chi connectivity index (χ0v) is 41.5. The predicted molar refractivity (Wildman–Crippen MR) is 263 cm³/mol. The van der Waals surface area contributed by atoms with Gasteiger partial charge in [-0.25, -0.2) is 4.79 Å². The molecule has 4 aromatic carbocycles. The van der Waals surface area contributed by atoms with Gasteiger partial charge in [-0.1, -0.05) is 93.6 Å². The second kappa shape index (κ2) is 21.4. The summed E-state index contributed by atoms with van der Waals surface area (Å²) in [6.45, 7) is 17.6. The Bertz CT molecular complexity index is 2280. The quantitative estimate of drug-likeness (QED) is 0.0595. The van der Waals surface area contributed by atoms with Crippen LogP contribution < -0.4 is 19.8 Å². The van der Waals surface area contributed by atoms with Gasteiger partial charge in [0.05, 0.1) is 20.3 Å². The monoisotopic (exact) mass is 953 g/mol. The zero-order valence-electron chi connectivity index (χ0n) is 37.3. The van der Waals surface area contributed by atoms with E-state index in [0.717, 1.165) is 29.0 Å².